The average molecular weight is 492 g/mol. The van der Waals surface area contributed by atoms with Crippen LogP contribution in [-0.4, -0.2) is 49.2 Å². The number of carbonyl (C=O) groups is 1. The van der Waals surface area contributed by atoms with Crippen molar-refractivity contribution in [1.82, 2.24) is 15.8 Å². The van der Waals surface area contributed by atoms with E-state index in [9.17, 15) is 18.4 Å². The minimum Gasteiger partial charge on any atom is -0.497 e. The van der Waals surface area contributed by atoms with Crippen molar-refractivity contribution in [2.24, 2.45) is 5.92 Å². The third kappa shape index (κ3) is 5.41. The standard InChI is InChI=1S/C24H33N3O6S/c1-3-16-33-21-6-4-19(5-7-21)24(23(28)27-29,26-17-18-12-14-25-15-13-18)34(30,31)22-10-8-20(32-2)9-11-22/h8-15,19,21,26,29H,3-7,16-17H2,1-2H3,(H,27,28)/t19-,21-,24-/m1/s1. The van der Waals surface area contributed by atoms with Gasteiger partial charge in [-0.2, -0.15) is 0 Å². The van der Waals surface area contributed by atoms with E-state index in [1.165, 1.54) is 31.4 Å². The molecule has 9 nitrogen and oxygen atoms in total. The fourth-order valence-corrected chi connectivity index (χ4v) is 6.62. The van der Waals surface area contributed by atoms with Gasteiger partial charge in [0, 0.05) is 31.5 Å². The molecule has 0 saturated heterocycles. The van der Waals surface area contributed by atoms with Crippen molar-refractivity contribution in [3.8, 4) is 5.75 Å². The molecule has 10 heteroatoms. The molecule has 0 bridgehead atoms. The summed E-state index contributed by atoms with van der Waals surface area (Å²) in [6.07, 6.45) is 6.25. The normalized spacial score (nSPS) is 20.3. The molecule has 0 radical (unpaired) electrons. The third-order valence-corrected chi connectivity index (χ3v) is 8.75. The molecule has 3 N–H and O–H groups in total. The van der Waals surface area contributed by atoms with Gasteiger partial charge in [0.2, 0.25) is 14.7 Å². The van der Waals surface area contributed by atoms with Crippen LogP contribution in [0.1, 0.15) is 44.6 Å². The molecule has 1 atom stereocenters. The molecule has 1 aliphatic carbocycles. The number of amides is 1. The van der Waals surface area contributed by atoms with Gasteiger partial charge >= 0.3 is 0 Å². The van der Waals surface area contributed by atoms with Crippen LogP contribution in [0.2, 0.25) is 0 Å². The molecule has 1 aromatic carbocycles. The van der Waals surface area contributed by atoms with Crippen LogP contribution in [0.15, 0.2) is 53.7 Å². The lowest BCUT2D eigenvalue weighted by Crippen LogP contribution is -2.66. The van der Waals surface area contributed by atoms with Crippen LogP contribution in [0.5, 0.6) is 5.75 Å². The van der Waals surface area contributed by atoms with Gasteiger partial charge in [-0.1, -0.05) is 6.92 Å². The van der Waals surface area contributed by atoms with Crippen LogP contribution in [0.25, 0.3) is 0 Å². The van der Waals surface area contributed by atoms with Crippen molar-refractivity contribution in [3.05, 3.63) is 54.4 Å². The number of rotatable bonds is 11. The molecule has 0 aliphatic heterocycles. The van der Waals surface area contributed by atoms with Crippen molar-refractivity contribution in [3.63, 3.8) is 0 Å². The number of nitrogens with zero attached hydrogens (tertiary/aromatic N) is 1. The third-order valence-electron chi connectivity index (χ3n) is 6.34. The maximum Gasteiger partial charge on any atom is 0.280 e. The van der Waals surface area contributed by atoms with Gasteiger partial charge in [0.1, 0.15) is 5.75 Å². The Morgan fingerprint density at radius 3 is 2.32 bits per heavy atom. The van der Waals surface area contributed by atoms with E-state index in [2.05, 4.69) is 10.3 Å². The van der Waals surface area contributed by atoms with Gasteiger partial charge in [-0.05, 0) is 74.1 Å². The molecule has 1 fully saturated rings. The highest BCUT2D eigenvalue weighted by atomic mass is 32.2. The molecule has 1 aliphatic rings. The molecular weight excluding hydrogens is 458 g/mol. The lowest BCUT2D eigenvalue weighted by atomic mass is 9.81. The Morgan fingerprint density at radius 1 is 1.12 bits per heavy atom. The SMILES string of the molecule is CCCO[C@H]1CC[C@H]([C@](NCc2ccncc2)(C(=O)NO)S(=O)(=O)c2ccc(OC)cc2)CC1. The van der Waals surface area contributed by atoms with Gasteiger partial charge in [-0.3, -0.25) is 20.3 Å². The summed E-state index contributed by atoms with van der Waals surface area (Å²) in [4.78, 5) is 15.1. The summed E-state index contributed by atoms with van der Waals surface area (Å²) < 4.78 is 39.2. The Kier molecular flexibility index (Phi) is 9.01. The predicted molar refractivity (Wildman–Crippen MR) is 126 cm³/mol. The average Bonchev–Trinajstić information content (AvgIpc) is 2.88. The summed E-state index contributed by atoms with van der Waals surface area (Å²) in [5, 5.41) is 12.7. The maximum atomic E-state index is 14.1. The van der Waals surface area contributed by atoms with Crippen LogP contribution in [-0.2, 0) is 25.9 Å². The fourth-order valence-electron chi connectivity index (χ4n) is 4.52. The van der Waals surface area contributed by atoms with Crippen molar-refractivity contribution < 1.29 is 27.9 Å². The molecule has 1 amide bonds. The summed E-state index contributed by atoms with van der Waals surface area (Å²) >= 11 is 0. The van der Waals surface area contributed by atoms with E-state index in [0.29, 0.717) is 38.0 Å². The molecule has 1 aromatic heterocycles. The number of sulfone groups is 1. The molecule has 34 heavy (non-hydrogen) atoms. The lowest BCUT2D eigenvalue weighted by molar-refractivity contribution is -0.135. The van der Waals surface area contributed by atoms with E-state index in [0.717, 1.165) is 12.0 Å². The Bertz CT molecular complexity index is 1020. The van der Waals surface area contributed by atoms with Crippen molar-refractivity contribution >= 4 is 15.7 Å². The number of ether oxygens (including phenoxy) is 2. The number of hydrogen-bond acceptors (Lipinski definition) is 8. The van der Waals surface area contributed by atoms with Crippen LogP contribution in [0.3, 0.4) is 0 Å². The van der Waals surface area contributed by atoms with E-state index in [4.69, 9.17) is 9.47 Å². The highest BCUT2D eigenvalue weighted by Gasteiger charge is 2.57. The number of methoxy groups -OCH3 is 1. The molecule has 0 spiro atoms. The summed E-state index contributed by atoms with van der Waals surface area (Å²) in [7, 11) is -2.81. The highest BCUT2D eigenvalue weighted by Crippen LogP contribution is 2.41. The number of hydroxylamine groups is 1. The van der Waals surface area contributed by atoms with E-state index in [-0.39, 0.29) is 17.5 Å². The van der Waals surface area contributed by atoms with Crippen molar-refractivity contribution in [1.29, 1.82) is 0 Å². The second-order valence-electron chi connectivity index (χ2n) is 8.41. The van der Waals surface area contributed by atoms with E-state index >= 15 is 0 Å². The van der Waals surface area contributed by atoms with Gasteiger partial charge in [-0.25, -0.2) is 13.9 Å². The maximum absolute atomic E-state index is 14.1. The van der Waals surface area contributed by atoms with Crippen molar-refractivity contribution in [2.45, 2.75) is 61.4 Å². The van der Waals surface area contributed by atoms with E-state index in [1.807, 2.05) is 6.92 Å². The van der Waals surface area contributed by atoms with E-state index in [1.54, 1.807) is 30.0 Å². The second-order valence-corrected chi connectivity index (χ2v) is 10.5. The van der Waals surface area contributed by atoms with Gasteiger partial charge in [0.15, 0.2) is 0 Å². The number of benzene rings is 1. The molecule has 186 valence electrons. The molecule has 1 heterocycles. The molecule has 1 saturated carbocycles. The zero-order valence-electron chi connectivity index (χ0n) is 19.6. The first-order valence-corrected chi connectivity index (χ1v) is 13.0. The van der Waals surface area contributed by atoms with Crippen molar-refractivity contribution in [2.75, 3.05) is 13.7 Å². The van der Waals surface area contributed by atoms with Crippen LogP contribution < -0.4 is 15.5 Å². The topological polar surface area (TPSA) is 127 Å². The van der Waals surface area contributed by atoms with Gasteiger partial charge < -0.3 is 9.47 Å². The van der Waals surface area contributed by atoms with E-state index < -0.39 is 26.5 Å². The molecule has 0 unspecified atom stereocenters. The molecule has 3 rings (SSSR count). The fraction of sp³-hybridized carbons (Fsp3) is 0.500. The first-order valence-electron chi connectivity index (χ1n) is 11.5. The molecule has 2 aromatic rings. The first-order chi connectivity index (χ1) is 16.4. The van der Waals surface area contributed by atoms with Gasteiger partial charge in [0.25, 0.3) is 5.91 Å². The first kappa shape index (κ1) is 26.1. The zero-order valence-corrected chi connectivity index (χ0v) is 20.4. The smallest absolute Gasteiger partial charge is 0.280 e. The monoisotopic (exact) mass is 491 g/mol. The van der Waals surface area contributed by atoms with Gasteiger partial charge in [-0.15, -0.1) is 0 Å². The number of aromatic nitrogens is 1. The van der Waals surface area contributed by atoms with Crippen LogP contribution >= 0.6 is 0 Å². The number of nitrogens with one attached hydrogen (secondary N) is 2. The number of pyridine rings is 1. The Hall–Kier alpha value is -2.53. The molecular formula is C24H33N3O6S. The summed E-state index contributed by atoms with van der Waals surface area (Å²) in [5.41, 5.74) is 2.39. The van der Waals surface area contributed by atoms with Crippen LogP contribution in [0, 0.1) is 5.92 Å². The summed E-state index contributed by atoms with van der Waals surface area (Å²) in [5.74, 6) is -1.10. The largest absolute Gasteiger partial charge is 0.497 e. The summed E-state index contributed by atoms with van der Waals surface area (Å²) in [6, 6.07) is 9.38. The predicted octanol–water partition coefficient (Wildman–Crippen LogP) is 2.84. The number of hydrogen-bond donors (Lipinski definition) is 3. The Labute approximate surface area is 200 Å². The lowest BCUT2D eigenvalue weighted by Gasteiger charge is -2.42. The zero-order chi connectivity index (χ0) is 24.6. The highest BCUT2D eigenvalue weighted by molar-refractivity contribution is 7.93. The Morgan fingerprint density at radius 2 is 1.76 bits per heavy atom. The second kappa shape index (κ2) is 11.7. The van der Waals surface area contributed by atoms with Gasteiger partial charge in [0.05, 0.1) is 18.1 Å². The quantitative estimate of drug-likeness (QED) is 0.324. The number of carbonyl (C=O) groups excluding carboxylic acids is 1. The minimum absolute atomic E-state index is 0.0231. The summed E-state index contributed by atoms with van der Waals surface area (Å²) in [6.45, 7) is 2.77. The van der Waals surface area contributed by atoms with Crippen LogP contribution in [0.4, 0.5) is 0 Å². The minimum atomic E-state index is -4.30. The Balaban J connectivity index is 2.02.